The van der Waals surface area contributed by atoms with E-state index >= 15 is 0 Å². The SMILES string of the molecule is Cc1cc(-c2ccc(F)cc2)cc([C@H]2CCCN2S(=O)(=O)c2c(C)noc2C)n1. The van der Waals surface area contributed by atoms with E-state index in [4.69, 9.17) is 4.52 Å². The number of sulfonamides is 1. The van der Waals surface area contributed by atoms with Crippen molar-refractivity contribution in [2.75, 3.05) is 6.54 Å². The summed E-state index contributed by atoms with van der Waals surface area (Å²) in [5.74, 6) is -0.00960. The summed E-state index contributed by atoms with van der Waals surface area (Å²) in [7, 11) is -3.76. The molecule has 1 atom stereocenters. The minimum absolute atomic E-state index is 0.135. The predicted molar refractivity (Wildman–Crippen MR) is 106 cm³/mol. The van der Waals surface area contributed by atoms with Gasteiger partial charge in [0.25, 0.3) is 0 Å². The molecule has 4 rings (SSSR count). The van der Waals surface area contributed by atoms with Gasteiger partial charge in [-0.3, -0.25) is 4.98 Å². The number of nitrogens with zero attached hydrogens (tertiary/aromatic N) is 3. The molecule has 6 nitrogen and oxygen atoms in total. The van der Waals surface area contributed by atoms with E-state index in [9.17, 15) is 12.8 Å². The van der Waals surface area contributed by atoms with Crippen molar-refractivity contribution in [2.24, 2.45) is 0 Å². The normalized spacial score (nSPS) is 17.7. The van der Waals surface area contributed by atoms with Gasteiger partial charge in [-0.05, 0) is 69.0 Å². The van der Waals surface area contributed by atoms with Crippen LogP contribution < -0.4 is 0 Å². The van der Waals surface area contributed by atoms with E-state index in [2.05, 4.69) is 10.1 Å². The molecule has 1 saturated heterocycles. The second-order valence-corrected chi connectivity index (χ2v) is 9.18. The molecule has 3 heterocycles. The van der Waals surface area contributed by atoms with Crippen LogP contribution in [0.1, 0.15) is 41.7 Å². The van der Waals surface area contributed by atoms with Crippen molar-refractivity contribution in [3.63, 3.8) is 0 Å². The molecule has 3 aromatic rings. The van der Waals surface area contributed by atoms with Gasteiger partial charge in [-0.15, -0.1) is 0 Å². The third-order valence-corrected chi connectivity index (χ3v) is 7.38. The van der Waals surface area contributed by atoms with Gasteiger partial charge in [0.05, 0.1) is 11.7 Å². The highest BCUT2D eigenvalue weighted by Crippen LogP contribution is 2.38. The molecule has 8 heteroatoms. The summed E-state index contributed by atoms with van der Waals surface area (Å²) < 4.78 is 46.6. The Kier molecular flexibility index (Phi) is 5.00. The minimum atomic E-state index is -3.76. The van der Waals surface area contributed by atoms with E-state index in [1.165, 1.54) is 16.4 Å². The van der Waals surface area contributed by atoms with Gasteiger partial charge < -0.3 is 4.52 Å². The van der Waals surface area contributed by atoms with Gasteiger partial charge in [-0.2, -0.15) is 4.31 Å². The lowest BCUT2D eigenvalue weighted by atomic mass is 10.0. The zero-order valence-corrected chi connectivity index (χ0v) is 17.3. The molecule has 1 aliphatic rings. The van der Waals surface area contributed by atoms with Crippen LogP contribution in [0.5, 0.6) is 0 Å². The highest BCUT2D eigenvalue weighted by molar-refractivity contribution is 7.89. The Morgan fingerprint density at radius 2 is 1.83 bits per heavy atom. The molecule has 1 aliphatic heterocycles. The van der Waals surface area contributed by atoms with Crippen molar-refractivity contribution in [3.05, 3.63) is 65.1 Å². The quantitative estimate of drug-likeness (QED) is 0.634. The standard InChI is InChI=1S/C21H22FN3O3S/c1-13-11-17(16-6-8-18(22)9-7-16)12-19(23-13)20-5-4-10-25(20)29(26,27)21-14(2)24-28-15(21)3/h6-9,11-12,20H,4-5,10H2,1-3H3/t20-/m1/s1. The number of hydrogen-bond acceptors (Lipinski definition) is 5. The van der Waals surface area contributed by atoms with Crippen LogP contribution in [0.25, 0.3) is 11.1 Å². The summed E-state index contributed by atoms with van der Waals surface area (Å²) in [6, 6.07) is 9.68. The second kappa shape index (κ2) is 7.35. The van der Waals surface area contributed by atoms with Crippen LogP contribution in [0.2, 0.25) is 0 Å². The third-order valence-electron chi connectivity index (χ3n) is 5.23. The Balaban J connectivity index is 1.75. The molecule has 0 radical (unpaired) electrons. The molecule has 0 aliphatic carbocycles. The van der Waals surface area contributed by atoms with Crippen molar-refractivity contribution in [1.29, 1.82) is 0 Å². The molecule has 2 aromatic heterocycles. The Labute approximate surface area is 169 Å². The highest BCUT2D eigenvalue weighted by atomic mass is 32.2. The second-order valence-electron chi connectivity index (χ2n) is 7.36. The molecular formula is C21H22FN3O3S. The van der Waals surface area contributed by atoms with Crippen LogP contribution >= 0.6 is 0 Å². The molecular weight excluding hydrogens is 393 g/mol. The number of aryl methyl sites for hydroxylation is 3. The average Bonchev–Trinajstić information content (AvgIpc) is 3.29. The number of aromatic nitrogens is 2. The van der Waals surface area contributed by atoms with E-state index in [-0.39, 0.29) is 22.5 Å². The van der Waals surface area contributed by atoms with Crippen molar-refractivity contribution in [2.45, 2.75) is 44.6 Å². The van der Waals surface area contributed by atoms with E-state index in [0.717, 1.165) is 23.2 Å². The van der Waals surface area contributed by atoms with Crippen LogP contribution in [0, 0.1) is 26.6 Å². The molecule has 0 saturated carbocycles. The lowest BCUT2D eigenvalue weighted by Crippen LogP contribution is -2.31. The van der Waals surface area contributed by atoms with Crippen LogP contribution in [-0.4, -0.2) is 29.4 Å². The fourth-order valence-electron chi connectivity index (χ4n) is 3.96. The maximum atomic E-state index is 13.4. The van der Waals surface area contributed by atoms with Gasteiger partial charge in [-0.25, -0.2) is 12.8 Å². The smallest absolute Gasteiger partial charge is 0.249 e. The van der Waals surface area contributed by atoms with Crippen molar-refractivity contribution in [3.8, 4) is 11.1 Å². The molecule has 0 bridgehead atoms. The van der Waals surface area contributed by atoms with Gasteiger partial charge in [0, 0.05) is 12.2 Å². The Morgan fingerprint density at radius 1 is 1.10 bits per heavy atom. The van der Waals surface area contributed by atoms with Crippen LogP contribution in [-0.2, 0) is 10.0 Å². The summed E-state index contributed by atoms with van der Waals surface area (Å²) in [5, 5.41) is 3.80. The van der Waals surface area contributed by atoms with Crippen molar-refractivity contribution < 1.29 is 17.3 Å². The van der Waals surface area contributed by atoms with Gasteiger partial charge in [-0.1, -0.05) is 17.3 Å². The fourth-order valence-corrected chi connectivity index (χ4v) is 5.92. The summed E-state index contributed by atoms with van der Waals surface area (Å²) in [5.41, 5.74) is 3.57. The van der Waals surface area contributed by atoms with E-state index < -0.39 is 10.0 Å². The molecule has 0 unspecified atom stereocenters. The van der Waals surface area contributed by atoms with Gasteiger partial charge >= 0.3 is 0 Å². The number of pyridine rings is 1. The Hall–Kier alpha value is -2.58. The van der Waals surface area contributed by atoms with Gasteiger partial charge in [0.15, 0.2) is 5.76 Å². The van der Waals surface area contributed by atoms with Crippen molar-refractivity contribution >= 4 is 10.0 Å². The van der Waals surface area contributed by atoms with Crippen molar-refractivity contribution in [1.82, 2.24) is 14.4 Å². The number of hydrogen-bond donors (Lipinski definition) is 0. The topological polar surface area (TPSA) is 76.3 Å². The van der Waals surface area contributed by atoms with Crippen LogP contribution in [0.4, 0.5) is 4.39 Å². The fraction of sp³-hybridized carbons (Fsp3) is 0.333. The minimum Gasteiger partial charge on any atom is -0.360 e. The Bertz CT molecular complexity index is 1140. The number of rotatable bonds is 4. The van der Waals surface area contributed by atoms with E-state index in [1.54, 1.807) is 26.0 Å². The predicted octanol–water partition coefficient (Wildman–Crippen LogP) is 4.33. The summed E-state index contributed by atoms with van der Waals surface area (Å²) in [4.78, 5) is 4.76. The summed E-state index contributed by atoms with van der Waals surface area (Å²) in [6.45, 7) is 5.53. The first kappa shape index (κ1) is 19.7. The summed E-state index contributed by atoms with van der Waals surface area (Å²) >= 11 is 0. The van der Waals surface area contributed by atoms with E-state index in [0.29, 0.717) is 24.4 Å². The number of halogens is 1. The maximum absolute atomic E-state index is 13.4. The van der Waals surface area contributed by atoms with Gasteiger partial charge in [0.1, 0.15) is 16.4 Å². The third kappa shape index (κ3) is 3.58. The van der Waals surface area contributed by atoms with E-state index in [1.807, 2.05) is 19.1 Å². The number of benzene rings is 1. The zero-order chi connectivity index (χ0) is 20.8. The molecule has 1 fully saturated rings. The molecule has 0 spiro atoms. The largest absolute Gasteiger partial charge is 0.360 e. The average molecular weight is 415 g/mol. The first-order chi connectivity index (χ1) is 13.8. The molecule has 152 valence electrons. The lowest BCUT2D eigenvalue weighted by molar-refractivity contribution is 0.381. The maximum Gasteiger partial charge on any atom is 0.249 e. The summed E-state index contributed by atoms with van der Waals surface area (Å²) in [6.07, 6.45) is 1.43. The monoisotopic (exact) mass is 415 g/mol. The first-order valence-electron chi connectivity index (χ1n) is 9.46. The molecule has 1 aromatic carbocycles. The zero-order valence-electron chi connectivity index (χ0n) is 16.5. The Morgan fingerprint density at radius 3 is 2.48 bits per heavy atom. The molecule has 0 amide bonds. The molecule has 0 N–H and O–H groups in total. The molecule has 29 heavy (non-hydrogen) atoms. The van der Waals surface area contributed by atoms with Crippen LogP contribution in [0.15, 0.2) is 45.8 Å². The first-order valence-corrected chi connectivity index (χ1v) is 10.9. The van der Waals surface area contributed by atoms with Crippen LogP contribution in [0.3, 0.4) is 0 Å². The van der Waals surface area contributed by atoms with Gasteiger partial charge in [0.2, 0.25) is 10.0 Å². The highest BCUT2D eigenvalue weighted by Gasteiger charge is 2.40. The lowest BCUT2D eigenvalue weighted by Gasteiger charge is -2.24.